The van der Waals surface area contributed by atoms with Crippen molar-refractivity contribution in [3.8, 4) is 5.75 Å². The Hall–Kier alpha value is -2.34. The molecule has 6 heteroatoms. The molecule has 2 aromatic rings. The second-order valence-corrected chi connectivity index (χ2v) is 5.02. The van der Waals surface area contributed by atoms with Crippen LogP contribution in [0.15, 0.2) is 51.6 Å². The molecular weight excluding hydrogens is 352 g/mol. The first-order valence-electron chi connectivity index (χ1n) is 6.36. The van der Waals surface area contributed by atoms with Gasteiger partial charge in [0.05, 0.1) is 7.11 Å². The maximum atomic E-state index is 11.9. The topological polar surface area (TPSA) is 65.7 Å². The first-order valence-corrected chi connectivity index (χ1v) is 7.15. The minimum absolute atomic E-state index is 0.287. The van der Waals surface area contributed by atoms with E-state index in [1.807, 2.05) is 0 Å². The molecule has 0 N–H and O–H groups in total. The molecule has 1 aromatic carbocycles. The van der Waals surface area contributed by atoms with Crippen molar-refractivity contribution < 1.29 is 23.5 Å². The number of hydrogen-bond donors (Lipinski definition) is 0. The Bertz CT molecular complexity index is 685. The van der Waals surface area contributed by atoms with Crippen LogP contribution >= 0.6 is 15.9 Å². The number of rotatable bonds is 6. The number of esters is 1. The summed E-state index contributed by atoms with van der Waals surface area (Å²) in [5.41, 5.74) is 0.451. The average Bonchev–Trinajstić information content (AvgIpc) is 2.96. The van der Waals surface area contributed by atoms with Crippen molar-refractivity contribution in [3.63, 3.8) is 0 Å². The molecule has 0 amide bonds. The summed E-state index contributed by atoms with van der Waals surface area (Å²) in [4.78, 5) is 23.4. The highest BCUT2D eigenvalue weighted by atomic mass is 79.9. The van der Waals surface area contributed by atoms with E-state index in [9.17, 15) is 9.59 Å². The number of Topliss-reactive ketones (excluding diaryl/α,β-unsaturated/α-hetero) is 1. The zero-order valence-electron chi connectivity index (χ0n) is 11.7. The van der Waals surface area contributed by atoms with Gasteiger partial charge in [0.2, 0.25) is 0 Å². The summed E-state index contributed by atoms with van der Waals surface area (Å²) < 4.78 is 15.6. The van der Waals surface area contributed by atoms with Crippen LogP contribution in [0, 0.1) is 0 Å². The maximum Gasteiger partial charge on any atom is 0.331 e. The molecule has 0 bridgehead atoms. The summed E-state index contributed by atoms with van der Waals surface area (Å²) in [7, 11) is 1.54. The van der Waals surface area contributed by atoms with Crippen LogP contribution < -0.4 is 4.74 Å². The number of furan rings is 1. The second-order valence-electron chi connectivity index (χ2n) is 4.23. The lowest BCUT2D eigenvalue weighted by Crippen LogP contribution is -2.12. The van der Waals surface area contributed by atoms with Crippen molar-refractivity contribution in [2.24, 2.45) is 0 Å². The Morgan fingerprint density at radius 2 is 1.91 bits per heavy atom. The average molecular weight is 365 g/mol. The molecule has 0 unspecified atom stereocenters. The minimum atomic E-state index is -0.616. The lowest BCUT2D eigenvalue weighted by Gasteiger charge is -2.03. The molecule has 2 rings (SSSR count). The number of carbonyl (C=O) groups is 2. The van der Waals surface area contributed by atoms with Gasteiger partial charge in [0.1, 0.15) is 11.5 Å². The van der Waals surface area contributed by atoms with Crippen LogP contribution in [-0.2, 0) is 9.53 Å². The molecule has 0 aliphatic rings. The van der Waals surface area contributed by atoms with E-state index in [2.05, 4.69) is 15.9 Å². The molecule has 0 atom stereocenters. The van der Waals surface area contributed by atoms with Gasteiger partial charge >= 0.3 is 5.97 Å². The third-order valence-electron chi connectivity index (χ3n) is 2.74. The molecule has 0 saturated carbocycles. The fraction of sp³-hybridized carbons (Fsp3) is 0.125. The Morgan fingerprint density at radius 1 is 1.18 bits per heavy atom. The molecule has 5 nitrogen and oxygen atoms in total. The number of ketones is 1. The zero-order chi connectivity index (χ0) is 15.9. The quantitative estimate of drug-likeness (QED) is 0.445. The maximum absolute atomic E-state index is 11.9. The highest BCUT2D eigenvalue weighted by Crippen LogP contribution is 2.15. The Balaban J connectivity index is 1.84. The van der Waals surface area contributed by atoms with E-state index in [1.165, 1.54) is 12.2 Å². The third kappa shape index (κ3) is 4.60. The van der Waals surface area contributed by atoms with Crippen molar-refractivity contribution in [1.29, 1.82) is 0 Å². The number of benzene rings is 1. The van der Waals surface area contributed by atoms with Crippen LogP contribution in [0.25, 0.3) is 6.08 Å². The number of halogens is 1. The van der Waals surface area contributed by atoms with Crippen LogP contribution in [0.5, 0.6) is 5.75 Å². The van der Waals surface area contributed by atoms with Crippen molar-refractivity contribution >= 4 is 33.8 Å². The van der Waals surface area contributed by atoms with Crippen molar-refractivity contribution in [2.45, 2.75) is 0 Å². The SMILES string of the molecule is COc1ccc(C(=O)COC(=O)C=Cc2ccc(Br)o2)cc1. The standard InChI is InChI=1S/C16H13BrO5/c1-20-12-4-2-11(3-5-12)14(18)10-21-16(19)9-7-13-6-8-15(17)22-13/h2-9H,10H2,1H3. The smallest absolute Gasteiger partial charge is 0.331 e. The molecule has 0 saturated heterocycles. The predicted molar refractivity (Wildman–Crippen MR) is 83.7 cm³/mol. The monoisotopic (exact) mass is 364 g/mol. The molecule has 1 aromatic heterocycles. The Kier molecular flexibility index (Phi) is 5.55. The van der Waals surface area contributed by atoms with Gasteiger partial charge in [0.25, 0.3) is 0 Å². The van der Waals surface area contributed by atoms with E-state index >= 15 is 0 Å². The van der Waals surface area contributed by atoms with Gasteiger partial charge in [-0.25, -0.2) is 4.79 Å². The summed E-state index contributed by atoms with van der Waals surface area (Å²) in [6.45, 7) is -0.322. The molecular formula is C16H13BrO5. The van der Waals surface area contributed by atoms with Crippen molar-refractivity contribution in [3.05, 3.63) is 58.5 Å². The van der Waals surface area contributed by atoms with Crippen molar-refractivity contribution in [2.75, 3.05) is 13.7 Å². The third-order valence-corrected chi connectivity index (χ3v) is 3.16. The van der Waals surface area contributed by atoms with E-state index < -0.39 is 5.97 Å². The summed E-state index contributed by atoms with van der Waals surface area (Å²) >= 11 is 3.15. The highest BCUT2D eigenvalue weighted by molar-refractivity contribution is 9.10. The van der Waals surface area contributed by atoms with Crippen LogP contribution in [-0.4, -0.2) is 25.5 Å². The van der Waals surface area contributed by atoms with E-state index in [1.54, 1.807) is 43.5 Å². The van der Waals surface area contributed by atoms with Gasteiger partial charge in [-0.05, 0) is 58.4 Å². The molecule has 1 heterocycles. The number of hydrogen-bond acceptors (Lipinski definition) is 5. The predicted octanol–water partition coefficient (Wildman–Crippen LogP) is 3.49. The molecule has 0 aliphatic carbocycles. The highest BCUT2D eigenvalue weighted by Gasteiger charge is 2.08. The number of carbonyl (C=O) groups excluding carboxylic acids is 2. The fourth-order valence-corrected chi connectivity index (χ4v) is 1.93. The van der Waals surface area contributed by atoms with Gasteiger partial charge in [-0.2, -0.15) is 0 Å². The van der Waals surface area contributed by atoms with Gasteiger partial charge in [-0.3, -0.25) is 4.79 Å². The lowest BCUT2D eigenvalue weighted by atomic mass is 10.1. The zero-order valence-corrected chi connectivity index (χ0v) is 13.3. The summed E-state index contributed by atoms with van der Waals surface area (Å²) in [5, 5.41) is 0. The van der Waals surface area contributed by atoms with E-state index in [4.69, 9.17) is 13.9 Å². The lowest BCUT2D eigenvalue weighted by molar-refractivity contribution is -0.136. The molecule has 114 valence electrons. The molecule has 22 heavy (non-hydrogen) atoms. The van der Waals surface area contributed by atoms with Gasteiger partial charge in [-0.1, -0.05) is 0 Å². The van der Waals surface area contributed by atoms with Gasteiger partial charge in [0, 0.05) is 11.6 Å². The second kappa shape index (κ2) is 7.61. The van der Waals surface area contributed by atoms with Crippen molar-refractivity contribution in [1.82, 2.24) is 0 Å². The van der Waals surface area contributed by atoms with Crippen LogP contribution in [0.3, 0.4) is 0 Å². The summed E-state index contributed by atoms with van der Waals surface area (Å²) in [6.07, 6.45) is 2.66. The number of ether oxygens (including phenoxy) is 2. The van der Waals surface area contributed by atoms with E-state index in [0.29, 0.717) is 21.7 Å². The van der Waals surface area contributed by atoms with Gasteiger partial charge < -0.3 is 13.9 Å². The first kappa shape index (κ1) is 16.0. The summed E-state index contributed by atoms with van der Waals surface area (Å²) in [5.74, 6) is 0.255. The van der Waals surface area contributed by atoms with Gasteiger partial charge in [0.15, 0.2) is 17.1 Å². The normalized spacial score (nSPS) is 10.6. The van der Waals surface area contributed by atoms with Crippen LogP contribution in [0.2, 0.25) is 0 Å². The molecule has 0 spiro atoms. The van der Waals surface area contributed by atoms with E-state index in [0.717, 1.165) is 0 Å². The van der Waals surface area contributed by atoms with Crippen LogP contribution in [0.1, 0.15) is 16.1 Å². The molecule has 0 radical (unpaired) electrons. The fourth-order valence-electron chi connectivity index (χ4n) is 1.61. The number of methoxy groups -OCH3 is 1. The molecule has 0 fully saturated rings. The van der Waals surface area contributed by atoms with Crippen LogP contribution in [0.4, 0.5) is 0 Å². The Labute approximate surface area is 135 Å². The largest absolute Gasteiger partial charge is 0.497 e. The summed E-state index contributed by atoms with van der Waals surface area (Å²) in [6, 6.07) is 9.97. The first-order chi connectivity index (χ1) is 10.6. The van der Waals surface area contributed by atoms with Gasteiger partial charge in [-0.15, -0.1) is 0 Å². The van der Waals surface area contributed by atoms with E-state index in [-0.39, 0.29) is 12.4 Å². The Morgan fingerprint density at radius 3 is 2.50 bits per heavy atom. The minimum Gasteiger partial charge on any atom is -0.497 e. The molecule has 0 aliphatic heterocycles.